The molecule has 0 saturated carbocycles. The van der Waals surface area contributed by atoms with Gasteiger partial charge in [0.1, 0.15) is 6.04 Å². The van der Waals surface area contributed by atoms with E-state index in [2.05, 4.69) is 0 Å². The van der Waals surface area contributed by atoms with Gasteiger partial charge in [-0.2, -0.15) is 0 Å². The number of benzene rings is 1. The van der Waals surface area contributed by atoms with Crippen LogP contribution in [0.1, 0.15) is 30.9 Å². The van der Waals surface area contributed by atoms with Crippen LogP contribution in [0.2, 0.25) is 5.02 Å². The summed E-state index contributed by atoms with van der Waals surface area (Å²) in [4.78, 5) is 27.1. The number of esters is 1. The van der Waals surface area contributed by atoms with Crippen LogP contribution in [0.3, 0.4) is 0 Å². The van der Waals surface area contributed by atoms with Crippen LogP contribution in [0.15, 0.2) is 23.1 Å². The number of hydrogen-bond acceptors (Lipinski definition) is 4. The van der Waals surface area contributed by atoms with E-state index in [0.717, 1.165) is 22.6 Å². The van der Waals surface area contributed by atoms with Gasteiger partial charge in [0.05, 0.1) is 13.2 Å². The van der Waals surface area contributed by atoms with Crippen LogP contribution in [-0.4, -0.2) is 35.7 Å². The van der Waals surface area contributed by atoms with Crippen molar-refractivity contribution in [1.82, 2.24) is 4.90 Å². The summed E-state index contributed by atoms with van der Waals surface area (Å²) in [6.45, 7) is 0. The second-order valence-electron chi connectivity index (χ2n) is 5.21. The Balaban J connectivity index is 1.98. The van der Waals surface area contributed by atoms with Crippen molar-refractivity contribution in [3.63, 3.8) is 0 Å². The number of amides is 1. The van der Waals surface area contributed by atoms with Crippen molar-refractivity contribution >= 4 is 35.2 Å². The number of hydrogen-bond donors (Lipinski definition) is 0. The highest BCUT2D eigenvalue weighted by atomic mass is 35.5. The normalized spacial score (nSPS) is 24.9. The zero-order valence-electron chi connectivity index (χ0n) is 11.7. The minimum Gasteiger partial charge on any atom is -0.467 e. The molecule has 6 heteroatoms. The van der Waals surface area contributed by atoms with E-state index < -0.39 is 6.04 Å². The summed E-state index contributed by atoms with van der Waals surface area (Å²) in [5.41, 5.74) is 1.04. The van der Waals surface area contributed by atoms with Gasteiger partial charge in [0.25, 0.3) is 0 Å². The molecular weight excluding hydrogens is 310 g/mol. The number of rotatable bonds is 2. The third-order valence-corrected chi connectivity index (χ3v) is 5.40. The molecule has 112 valence electrons. The quantitative estimate of drug-likeness (QED) is 0.784. The number of carbonyl (C=O) groups is 2. The minimum absolute atomic E-state index is 0.0215. The highest BCUT2D eigenvalue weighted by molar-refractivity contribution is 7.99. The molecule has 21 heavy (non-hydrogen) atoms. The van der Waals surface area contributed by atoms with Crippen molar-refractivity contribution in [2.45, 2.75) is 36.2 Å². The van der Waals surface area contributed by atoms with Gasteiger partial charge in [-0.1, -0.05) is 11.6 Å². The fourth-order valence-electron chi connectivity index (χ4n) is 3.10. The molecule has 2 aliphatic heterocycles. The predicted molar refractivity (Wildman–Crippen MR) is 81.4 cm³/mol. The molecule has 2 heterocycles. The molecule has 1 fully saturated rings. The maximum Gasteiger partial charge on any atom is 0.328 e. The lowest BCUT2D eigenvalue weighted by Crippen LogP contribution is -2.42. The number of halogens is 1. The highest BCUT2D eigenvalue weighted by Gasteiger charge is 2.42. The van der Waals surface area contributed by atoms with Gasteiger partial charge >= 0.3 is 5.97 Å². The number of nitrogens with zero attached hydrogens (tertiary/aromatic N) is 1. The Labute approximate surface area is 132 Å². The van der Waals surface area contributed by atoms with Crippen molar-refractivity contribution in [3.05, 3.63) is 28.8 Å². The van der Waals surface area contributed by atoms with E-state index in [1.54, 1.807) is 16.7 Å². The van der Waals surface area contributed by atoms with E-state index in [-0.39, 0.29) is 17.9 Å². The SMILES string of the molecule is COC(=O)C1CCC(=O)N1C1CCSc2ccc(Cl)cc21. The van der Waals surface area contributed by atoms with E-state index >= 15 is 0 Å². The number of carbonyl (C=O) groups excluding carboxylic acids is 2. The smallest absolute Gasteiger partial charge is 0.328 e. The molecule has 1 aromatic rings. The number of thioether (sulfide) groups is 1. The number of methoxy groups -OCH3 is 1. The number of fused-ring (bicyclic) bond motifs is 1. The largest absolute Gasteiger partial charge is 0.467 e. The van der Waals surface area contributed by atoms with Gasteiger partial charge < -0.3 is 9.64 Å². The Morgan fingerprint density at radius 1 is 1.43 bits per heavy atom. The van der Waals surface area contributed by atoms with E-state index in [4.69, 9.17) is 16.3 Å². The van der Waals surface area contributed by atoms with Gasteiger partial charge in [0, 0.05) is 22.1 Å². The van der Waals surface area contributed by atoms with Crippen LogP contribution in [0, 0.1) is 0 Å². The second-order valence-corrected chi connectivity index (χ2v) is 6.79. The molecule has 0 spiro atoms. The first kappa shape index (κ1) is 14.7. The summed E-state index contributed by atoms with van der Waals surface area (Å²) in [5.74, 6) is 0.618. The van der Waals surface area contributed by atoms with Gasteiger partial charge in [-0.05, 0) is 36.6 Å². The Morgan fingerprint density at radius 3 is 3.00 bits per heavy atom. The van der Waals surface area contributed by atoms with E-state index in [1.165, 1.54) is 7.11 Å². The molecule has 1 saturated heterocycles. The molecule has 1 amide bonds. The van der Waals surface area contributed by atoms with Gasteiger partial charge in [-0.25, -0.2) is 4.79 Å². The molecule has 3 rings (SSSR count). The fourth-order valence-corrected chi connectivity index (χ4v) is 4.36. The second kappa shape index (κ2) is 5.89. The van der Waals surface area contributed by atoms with Gasteiger partial charge in [-0.15, -0.1) is 11.8 Å². The first-order chi connectivity index (χ1) is 10.1. The zero-order chi connectivity index (χ0) is 15.0. The average Bonchev–Trinajstić information content (AvgIpc) is 2.87. The van der Waals surface area contributed by atoms with Gasteiger partial charge in [0.15, 0.2) is 0 Å². The van der Waals surface area contributed by atoms with Crippen LogP contribution < -0.4 is 0 Å². The molecule has 0 bridgehead atoms. The lowest BCUT2D eigenvalue weighted by atomic mass is 10.0. The molecule has 0 aromatic heterocycles. The Bertz CT molecular complexity index is 592. The number of ether oxygens (including phenoxy) is 1. The van der Waals surface area contributed by atoms with Crippen LogP contribution in [-0.2, 0) is 14.3 Å². The lowest BCUT2D eigenvalue weighted by Gasteiger charge is -2.35. The zero-order valence-corrected chi connectivity index (χ0v) is 13.2. The summed E-state index contributed by atoms with van der Waals surface area (Å²) in [5, 5.41) is 0.655. The topological polar surface area (TPSA) is 46.6 Å². The summed E-state index contributed by atoms with van der Waals surface area (Å²) < 4.78 is 4.85. The summed E-state index contributed by atoms with van der Waals surface area (Å²) >= 11 is 7.87. The van der Waals surface area contributed by atoms with Gasteiger partial charge in [-0.3, -0.25) is 4.79 Å². The van der Waals surface area contributed by atoms with Crippen molar-refractivity contribution in [1.29, 1.82) is 0 Å². The molecule has 4 nitrogen and oxygen atoms in total. The maximum atomic E-state index is 12.3. The van der Waals surface area contributed by atoms with Gasteiger partial charge in [0.2, 0.25) is 5.91 Å². The van der Waals surface area contributed by atoms with E-state index in [9.17, 15) is 9.59 Å². The first-order valence-electron chi connectivity index (χ1n) is 6.93. The highest BCUT2D eigenvalue weighted by Crippen LogP contribution is 2.43. The molecule has 0 N–H and O–H groups in total. The monoisotopic (exact) mass is 325 g/mol. The summed E-state index contributed by atoms with van der Waals surface area (Å²) in [7, 11) is 1.37. The third-order valence-electron chi connectivity index (χ3n) is 4.04. The van der Waals surface area contributed by atoms with E-state index in [0.29, 0.717) is 17.9 Å². The number of likely N-dealkylation sites (tertiary alicyclic amines) is 1. The minimum atomic E-state index is -0.470. The molecule has 2 unspecified atom stereocenters. The van der Waals surface area contributed by atoms with Crippen molar-refractivity contribution in [2.75, 3.05) is 12.9 Å². The van der Waals surface area contributed by atoms with Crippen LogP contribution in [0.25, 0.3) is 0 Å². The fraction of sp³-hybridized carbons (Fsp3) is 0.467. The lowest BCUT2D eigenvalue weighted by molar-refractivity contribution is -0.151. The standard InChI is InChI=1S/C15H16ClNO3S/c1-20-15(19)12-3-5-14(18)17(12)11-6-7-21-13-4-2-9(16)8-10(11)13/h2,4,8,11-12H,3,5-7H2,1H3. The Morgan fingerprint density at radius 2 is 2.24 bits per heavy atom. The Kier molecular flexibility index (Phi) is 4.13. The van der Waals surface area contributed by atoms with Crippen LogP contribution in [0.4, 0.5) is 0 Å². The Hall–Kier alpha value is -1.20. The van der Waals surface area contributed by atoms with Crippen molar-refractivity contribution in [2.24, 2.45) is 0 Å². The molecular formula is C15H16ClNO3S. The van der Waals surface area contributed by atoms with Crippen molar-refractivity contribution in [3.8, 4) is 0 Å². The third kappa shape index (κ3) is 2.64. The summed E-state index contributed by atoms with van der Waals surface area (Å²) in [6.07, 6.45) is 1.77. The molecule has 0 radical (unpaired) electrons. The van der Waals surface area contributed by atoms with Crippen LogP contribution in [0.5, 0.6) is 0 Å². The average molecular weight is 326 g/mol. The summed E-state index contributed by atoms with van der Waals surface area (Å²) in [6, 6.07) is 5.20. The predicted octanol–water partition coefficient (Wildman–Crippen LogP) is 3.04. The molecule has 2 aliphatic rings. The molecule has 2 atom stereocenters. The maximum absolute atomic E-state index is 12.3. The van der Waals surface area contributed by atoms with Crippen LogP contribution >= 0.6 is 23.4 Å². The van der Waals surface area contributed by atoms with E-state index in [1.807, 2.05) is 18.2 Å². The molecule has 0 aliphatic carbocycles. The first-order valence-corrected chi connectivity index (χ1v) is 8.29. The van der Waals surface area contributed by atoms with Crippen molar-refractivity contribution < 1.29 is 14.3 Å². The molecule has 1 aromatic carbocycles.